The Kier molecular flexibility index (Phi) is 11.6. The summed E-state index contributed by atoms with van der Waals surface area (Å²) < 4.78 is 12.0. The van der Waals surface area contributed by atoms with Crippen LogP contribution in [0.1, 0.15) is 35.3 Å². The number of likely N-dealkylation sites (N-methyl/N-ethyl adjacent to an activating group) is 1. The molecule has 1 aliphatic rings. The average Bonchev–Trinajstić information content (AvgIpc) is 3.07. The predicted octanol–water partition coefficient (Wildman–Crippen LogP) is 6.38. The second kappa shape index (κ2) is 16.0. The molecular formula is C38H43N3O5S. The van der Waals surface area contributed by atoms with E-state index in [9.17, 15) is 14.7 Å². The Morgan fingerprint density at radius 2 is 1.74 bits per heavy atom. The fourth-order valence-corrected chi connectivity index (χ4v) is 6.53. The molecule has 0 aromatic heterocycles. The van der Waals surface area contributed by atoms with E-state index in [0.717, 1.165) is 5.56 Å². The molecule has 5 rings (SSSR count). The Morgan fingerprint density at radius 3 is 2.47 bits per heavy atom. The largest absolute Gasteiger partial charge is 0.497 e. The molecular weight excluding hydrogens is 611 g/mol. The monoisotopic (exact) mass is 653 g/mol. The number of nitrogens with zero attached hydrogens (tertiary/aromatic N) is 2. The van der Waals surface area contributed by atoms with Gasteiger partial charge in [0, 0.05) is 35.3 Å². The summed E-state index contributed by atoms with van der Waals surface area (Å²) in [5.74, 6) is 0.487. The Labute approximate surface area is 281 Å². The highest BCUT2D eigenvalue weighted by Gasteiger charge is 2.34. The van der Waals surface area contributed by atoms with Crippen molar-refractivity contribution in [3.05, 3.63) is 114 Å². The summed E-state index contributed by atoms with van der Waals surface area (Å²) in [6, 6.07) is 31.1. The summed E-state index contributed by atoms with van der Waals surface area (Å²) in [7, 11) is 3.65. The fourth-order valence-electron chi connectivity index (χ4n) is 5.69. The molecule has 0 radical (unpaired) electrons. The van der Waals surface area contributed by atoms with Gasteiger partial charge in [-0.2, -0.15) is 0 Å². The first kappa shape index (κ1) is 34.0. The van der Waals surface area contributed by atoms with Crippen LogP contribution in [0, 0.1) is 5.92 Å². The molecule has 0 bridgehead atoms. The Balaban J connectivity index is 1.35. The first-order chi connectivity index (χ1) is 22.7. The zero-order valence-corrected chi connectivity index (χ0v) is 28.2. The number of rotatable bonds is 12. The predicted molar refractivity (Wildman–Crippen MR) is 186 cm³/mol. The third-order valence-corrected chi connectivity index (χ3v) is 9.33. The number of carbonyl (C=O) groups is 2. The average molecular weight is 654 g/mol. The smallest absolute Gasteiger partial charge is 0.258 e. The van der Waals surface area contributed by atoms with Crippen LogP contribution in [0.25, 0.3) is 0 Å². The van der Waals surface area contributed by atoms with Gasteiger partial charge in [0.1, 0.15) is 11.9 Å². The van der Waals surface area contributed by atoms with Crippen molar-refractivity contribution < 1.29 is 24.2 Å². The number of amides is 2. The van der Waals surface area contributed by atoms with E-state index in [4.69, 9.17) is 9.47 Å². The number of para-hydroxylation sites is 1. The fraction of sp³-hybridized carbons (Fsp3) is 0.316. The van der Waals surface area contributed by atoms with Gasteiger partial charge < -0.3 is 24.8 Å². The molecule has 4 aromatic rings. The minimum absolute atomic E-state index is 0.0614. The molecule has 1 aliphatic heterocycles. The number of carbonyl (C=O) groups excluding carboxylic acids is 2. The van der Waals surface area contributed by atoms with Gasteiger partial charge in [0.05, 0.1) is 37.4 Å². The van der Waals surface area contributed by atoms with Gasteiger partial charge in [-0.3, -0.25) is 14.5 Å². The molecule has 0 aliphatic carbocycles. The van der Waals surface area contributed by atoms with E-state index in [1.807, 2.05) is 49.4 Å². The van der Waals surface area contributed by atoms with Gasteiger partial charge in [0.25, 0.3) is 5.91 Å². The summed E-state index contributed by atoms with van der Waals surface area (Å²) in [6.45, 7) is 5.47. The van der Waals surface area contributed by atoms with Crippen LogP contribution in [-0.2, 0) is 17.8 Å². The van der Waals surface area contributed by atoms with Gasteiger partial charge in [-0.15, -0.1) is 0 Å². The number of nitrogens with one attached hydrogen (secondary N) is 1. The van der Waals surface area contributed by atoms with Crippen molar-refractivity contribution in [3.63, 3.8) is 0 Å². The number of hydrogen-bond acceptors (Lipinski definition) is 7. The maximum Gasteiger partial charge on any atom is 0.258 e. The van der Waals surface area contributed by atoms with Crippen molar-refractivity contribution in [3.8, 4) is 11.5 Å². The van der Waals surface area contributed by atoms with Gasteiger partial charge in [-0.05, 0) is 73.6 Å². The van der Waals surface area contributed by atoms with Crippen molar-refractivity contribution in [2.24, 2.45) is 5.92 Å². The van der Waals surface area contributed by atoms with Crippen LogP contribution in [-0.4, -0.2) is 72.7 Å². The first-order valence-corrected chi connectivity index (χ1v) is 16.7. The summed E-state index contributed by atoms with van der Waals surface area (Å²) in [5.41, 5.74) is 2.78. The van der Waals surface area contributed by atoms with Crippen LogP contribution in [0.3, 0.4) is 0 Å². The lowest BCUT2D eigenvalue weighted by atomic mass is 9.98. The second-order valence-electron chi connectivity index (χ2n) is 12.1. The molecule has 2 N–H and O–H groups in total. The normalized spacial score (nSPS) is 16.9. The minimum Gasteiger partial charge on any atom is -0.497 e. The van der Waals surface area contributed by atoms with Crippen LogP contribution in [0.4, 0.5) is 5.69 Å². The van der Waals surface area contributed by atoms with Crippen molar-refractivity contribution in [2.75, 3.05) is 39.2 Å². The van der Waals surface area contributed by atoms with E-state index in [2.05, 4.69) is 60.6 Å². The van der Waals surface area contributed by atoms with Crippen molar-refractivity contribution in [1.29, 1.82) is 0 Å². The molecule has 47 heavy (non-hydrogen) atoms. The lowest BCUT2D eigenvalue weighted by Crippen LogP contribution is -2.49. The van der Waals surface area contributed by atoms with Gasteiger partial charge in [-0.25, -0.2) is 0 Å². The summed E-state index contributed by atoms with van der Waals surface area (Å²) >= 11 is 1.73. The summed E-state index contributed by atoms with van der Waals surface area (Å²) in [4.78, 5) is 33.4. The molecule has 0 unspecified atom stereocenters. The number of methoxy groups -OCH3 is 1. The third-order valence-electron chi connectivity index (χ3n) is 8.31. The van der Waals surface area contributed by atoms with Crippen molar-refractivity contribution in [2.45, 2.75) is 48.7 Å². The van der Waals surface area contributed by atoms with E-state index < -0.39 is 0 Å². The van der Waals surface area contributed by atoms with E-state index in [-0.39, 0.29) is 42.9 Å². The standard InChI is InChI=1S/C38H43N3O5S/c1-26-22-41(27(2)25-42)38(44)33-14-9-15-34(39-36(43)21-29-10-8-11-30(20-29)45-4)37(33)46-35(26)24-40(3)23-28-16-18-32(19-17-28)47-31-12-6-5-7-13-31/h5-20,26-27,35,42H,21-25H2,1-4H3,(H,39,43)/t26-,27+,35-/m1/s1. The SMILES string of the molecule is COc1cccc(CC(=O)Nc2cccc3c2O[C@H](CN(C)Cc2ccc(Sc4ccccc4)cc2)[C@H](C)CN([C@@H](C)CO)C3=O)c1. The van der Waals surface area contributed by atoms with Crippen LogP contribution >= 0.6 is 11.8 Å². The van der Waals surface area contributed by atoms with E-state index in [1.165, 1.54) is 15.4 Å². The minimum atomic E-state index is -0.382. The van der Waals surface area contributed by atoms with Crippen LogP contribution in [0.5, 0.6) is 11.5 Å². The zero-order chi connectivity index (χ0) is 33.3. The van der Waals surface area contributed by atoms with E-state index in [0.29, 0.717) is 42.4 Å². The Hall–Kier alpha value is -4.31. The summed E-state index contributed by atoms with van der Waals surface area (Å²) in [5, 5.41) is 13.0. The number of fused-ring (bicyclic) bond motifs is 1. The van der Waals surface area contributed by atoms with Gasteiger partial charge in [-0.1, -0.05) is 67.2 Å². The Bertz CT molecular complexity index is 1650. The number of benzene rings is 4. The number of aliphatic hydroxyl groups excluding tert-OH is 1. The van der Waals surface area contributed by atoms with Crippen LogP contribution in [0.15, 0.2) is 107 Å². The summed E-state index contributed by atoms with van der Waals surface area (Å²) in [6.07, 6.45) is -0.169. The molecule has 8 nitrogen and oxygen atoms in total. The number of anilines is 1. The second-order valence-corrected chi connectivity index (χ2v) is 13.3. The van der Waals surface area contributed by atoms with Crippen molar-refractivity contribution in [1.82, 2.24) is 9.80 Å². The van der Waals surface area contributed by atoms with Gasteiger partial charge in [0.15, 0.2) is 5.75 Å². The number of hydrogen-bond donors (Lipinski definition) is 2. The molecule has 2 amide bonds. The molecule has 1 heterocycles. The number of ether oxygens (including phenoxy) is 2. The topological polar surface area (TPSA) is 91.3 Å². The highest BCUT2D eigenvalue weighted by molar-refractivity contribution is 7.99. The van der Waals surface area contributed by atoms with Crippen LogP contribution < -0.4 is 14.8 Å². The molecule has 0 saturated heterocycles. The maximum absolute atomic E-state index is 13.8. The third kappa shape index (κ3) is 8.94. The molecule has 0 saturated carbocycles. The van der Waals surface area contributed by atoms with Crippen molar-refractivity contribution >= 4 is 29.3 Å². The van der Waals surface area contributed by atoms with Gasteiger partial charge in [0.2, 0.25) is 5.91 Å². The lowest BCUT2D eigenvalue weighted by Gasteiger charge is -2.38. The molecule has 0 fully saturated rings. The molecule has 9 heteroatoms. The molecule has 3 atom stereocenters. The molecule has 4 aromatic carbocycles. The lowest BCUT2D eigenvalue weighted by molar-refractivity contribution is -0.115. The maximum atomic E-state index is 13.8. The van der Waals surface area contributed by atoms with Crippen LogP contribution in [0.2, 0.25) is 0 Å². The Morgan fingerprint density at radius 1 is 1.02 bits per heavy atom. The highest BCUT2D eigenvalue weighted by atomic mass is 32.2. The van der Waals surface area contributed by atoms with E-state index in [1.54, 1.807) is 42.0 Å². The molecule has 246 valence electrons. The quantitative estimate of drug-likeness (QED) is 0.183. The highest BCUT2D eigenvalue weighted by Crippen LogP contribution is 2.35. The first-order valence-electron chi connectivity index (χ1n) is 15.9. The zero-order valence-electron chi connectivity index (χ0n) is 27.4. The van der Waals surface area contributed by atoms with E-state index >= 15 is 0 Å². The van der Waals surface area contributed by atoms with Gasteiger partial charge >= 0.3 is 0 Å². The molecule has 0 spiro atoms. The number of aliphatic hydroxyl groups is 1.